The Labute approximate surface area is 198 Å². The van der Waals surface area contributed by atoms with Crippen molar-refractivity contribution in [3.63, 3.8) is 0 Å². The summed E-state index contributed by atoms with van der Waals surface area (Å²) in [4.78, 5) is 25.7. The number of carbonyl (C=O) groups is 1. The van der Waals surface area contributed by atoms with Crippen LogP contribution >= 0.6 is 22.7 Å². The Morgan fingerprint density at radius 2 is 1.94 bits per heavy atom. The zero-order valence-corrected chi connectivity index (χ0v) is 19.6. The topological polar surface area (TPSA) is 84.3 Å². The van der Waals surface area contributed by atoms with E-state index in [0.29, 0.717) is 10.7 Å². The van der Waals surface area contributed by atoms with Gasteiger partial charge in [0, 0.05) is 15.7 Å². The number of hydrogen-bond donors (Lipinski definition) is 1. The van der Waals surface area contributed by atoms with Gasteiger partial charge in [-0.3, -0.25) is 4.79 Å². The molecule has 0 aliphatic heterocycles. The van der Waals surface area contributed by atoms with Gasteiger partial charge in [-0.05, 0) is 41.0 Å². The first-order valence-corrected chi connectivity index (χ1v) is 11.9. The maximum atomic E-state index is 14.2. The fourth-order valence-electron chi connectivity index (χ4n) is 3.75. The van der Waals surface area contributed by atoms with E-state index >= 15 is 0 Å². The number of nitrogens with one attached hydrogen (secondary N) is 1. The first kappa shape index (κ1) is 22.9. The Balaban J connectivity index is 1.71. The zero-order chi connectivity index (χ0) is 23.4. The van der Waals surface area contributed by atoms with E-state index in [4.69, 9.17) is 0 Å². The number of benzene rings is 2. The van der Waals surface area contributed by atoms with Gasteiger partial charge in [-0.1, -0.05) is 66.8 Å². The van der Waals surface area contributed by atoms with Crippen molar-refractivity contribution in [2.45, 2.75) is 26.3 Å². The molecule has 2 aromatic carbocycles. The smallest absolute Gasteiger partial charge is 0.232 e. The number of nitroso groups, excluding NO2 is 1. The molecule has 0 aliphatic carbocycles. The van der Waals surface area contributed by atoms with Crippen LogP contribution in [0.25, 0.3) is 10.4 Å². The van der Waals surface area contributed by atoms with Crippen LogP contribution in [0, 0.1) is 16.1 Å². The van der Waals surface area contributed by atoms with E-state index in [2.05, 4.69) is 20.7 Å². The summed E-state index contributed by atoms with van der Waals surface area (Å²) in [5.41, 5.74) is 3.19. The second-order valence-electron chi connectivity index (χ2n) is 8.09. The summed E-state index contributed by atoms with van der Waals surface area (Å²) >= 11 is 2.79. The lowest BCUT2D eigenvalue weighted by molar-refractivity contribution is -0.124. The second-order valence-corrected chi connectivity index (χ2v) is 10.0. The second kappa shape index (κ2) is 9.68. The molecule has 1 N–H and O–H groups in total. The summed E-state index contributed by atoms with van der Waals surface area (Å²) in [6.07, 6.45) is 0. The summed E-state index contributed by atoms with van der Waals surface area (Å²) in [5, 5.41) is 13.9. The molecular formula is C24H21FN4O2S2. The quantitative estimate of drug-likeness (QED) is 0.293. The van der Waals surface area contributed by atoms with Crippen LogP contribution in [0.4, 0.5) is 9.52 Å². The van der Waals surface area contributed by atoms with Gasteiger partial charge >= 0.3 is 0 Å². The van der Waals surface area contributed by atoms with Gasteiger partial charge < -0.3 is 5.32 Å². The van der Waals surface area contributed by atoms with Crippen LogP contribution < -0.4 is 5.32 Å². The Bertz CT molecular complexity index is 1250. The molecule has 9 heteroatoms. The molecule has 0 bridgehead atoms. The lowest BCUT2D eigenvalue weighted by Gasteiger charge is -2.32. The first-order chi connectivity index (χ1) is 15.9. The van der Waals surface area contributed by atoms with Crippen molar-refractivity contribution < 1.29 is 9.18 Å². The molecule has 0 saturated heterocycles. The minimum absolute atomic E-state index is 0.134. The van der Waals surface area contributed by atoms with E-state index in [0.717, 1.165) is 20.9 Å². The third-order valence-corrected chi connectivity index (χ3v) is 7.27. The van der Waals surface area contributed by atoms with Crippen LogP contribution in [-0.2, 0) is 11.3 Å². The van der Waals surface area contributed by atoms with Gasteiger partial charge in [0.1, 0.15) is 17.9 Å². The van der Waals surface area contributed by atoms with E-state index in [1.54, 1.807) is 22.9 Å². The van der Waals surface area contributed by atoms with Crippen molar-refractivity contribution in [1.29, 1.82) is 0 Å². The van der Waals surface area contributed by atoms with Crippen molar-refractivity contribution in [2.75, 3.05) is 5.32 Å². The molecule has 0 saturated carbocycles. The number of amides is 1. The standard InChI is InChI=1S/C24H21FN4O2S2/c1-24(2,22(30)28-23-29-26-14-32-23)21(17-4-3-5-18(25)12-17)20-11-10-19(33-20)16-8-6-15(7-9-16)13-27-31/h3-12,14,21H,13H2,1-2H3,(H,28,29,30). The number of thiophene rings is 1. The summed E-state index contributed by atoms with van der Waals surface area (Å²) in [6, 6.07) is 18.0. The lowest BCUT2D eigenvalue weighted by atomic mass is 9.73. The maximum Gasteiger partial charge on any atom is 0.232 e. The van der Waals surface area contributed by atoms with Gasteiger partial charge in [-0.2, -0.15) is 4.91 Å². The average molecular weight is 481 g/mol. The normalized spacial score (nSPS) is 12.3. The van der Waals surface area contributed by atoms with Gasteiger partial charge in [0.2, 0.25) is 11.0 Å². The van der Waals surface area contributed by atoms with Crippen LogP contribution in [0.5, 0.6) is 0 Å². The molecule has 2 aromatic heterocycles. The molecule has 0 radical (unpaired) electrons. The minimum atomic E-state index is -0.916. The summed E-state index contributed by atoms with van der Waals surface area (Å²) < 4.78 is 14.2. The summed E-state index contributed by atoms with van der Waals surface area (Å²) in [5.74, 6) is -0.971. The van der Waals surface area contributed by atoms with Gasteiger partial charge in [0.05, 0.1) is 5.41 Å². The minimum Gasteiger partial charge on any atom is -0.300 e. The number of halogens is 1. The van der Waals surface area contributed by atoms with E-state index in [1.165, 1.54) is 23.5 Å². The summed E-state index contributed by atoms with van der Waals surface area (Å²) in [7, 11) is 0. The number of anilines is 1. The third kappa shape index (κ3) is 5.04. The number of aromatic nitrogens is 2. The molecule has 33 heavy (non-hydrogen) atoms. The molecule has 4 aromatic rings. The van der Waals surface area contributed by atoms with Gasteiger partial charge in [-0.15, -0.1) is 21.5 Å². The fraction of sp³-hybridized carbons (Fsp3) is 0.208. The van der Waals surface area contributed by atoms with Crippen molar-refractivity contribution in [3.8, 4) is 10.4 Å². The molecule has 0 aliphatic rings. The van der Waals surface area contributed by atoms with Crippen molar-refractivity contribution in [2.24, 2.45) is 10.6 Å². The van der Waals surface area contributed by atoms with Crippen molar-refractivity contribution in [3.05, 3.63) is 92.9 Å². The molecule has 4 rings (SSSR count). The molecule has 1 amide bonds. The van der Waals surface area contributed by atoms with E-state index in [9.17, 15) is 14.1 Å². The highest BCUT2D eigenvalue weighted by Crippen LogP contribution is 2.46. The Morgan fingerprint density at radius 1 is 1.15 bits per heavy atom. The number of rotatable bonds is 8. The third-order valence-electron chi connectivity index (χ3n) is 5.47. The first-order valence-electron chi connectivity index (χ1n) is 10.2. The van der Waals surface area contributed by atoms with E-state index < -0.39 is 11.3 Å². The molecular weight excluding hydrogens is 459 g/mol. The summed E-state index contributed by atoms with van der Waals surface area (Å²) in [6.45, 7) is 3.83. The van der Waals surface area contributed by atoms with Gasteiger partial charge in [0.25, 0.3) is 0 Å². The predicted molar refractivity (Wildman–Crippen MR) is 130 cm³/mol. The fourth-order valence-corrected chi connectivity index (χ4v) is 5.52. The lowest BCUT2D eigenvalue weighted by Crippen LogP contribution is -2.36. The Hall–Kier alpha value is -3.30. The Morgan fingerprint density at radius 3 is 2.61 bits per heavy atom. The molecule has 1 unspecified atom stereocenters. The highest BCUT2D eigenvalue weighted by Gasteiger charge is 2.40. The van der Waals surface area contributed by atoms with E-state index in [1.807, 2.05) is 56.3 Å². The zero-order valence-electron chi connectivity index (χ0n) is 18.0. The van der Waals surface area contributed by atoms with Crippen LogP contribution in [-0.4, -0.2) is 16.1 Å². The van der Waals surface area contributed by atoms with Gasteiger partial charge in [0.15, 0.2) is 0 Å². The highest BCUT2D eigenvalue weighted by atomic mass is 32.1. The molecule has 2 heterocycles. The molecule has 168 valence electrons. The average Bonchev–Trinajstić information content (AvgIpc) is 3.47. The highest BCUT2D eigenvalue weighted by molar-refractivity contribution is 7.15. The van der Waals surface area contributed by atoms with Crippen LogP contribution in [0.3, 0.4) is 0 Å². The molecule has 6 nitrogen and oxygen atoms in total. The predicted octanol–water partition coefficient (Wildman–Crippen LogP) is 6.47. The van der Waals surface area contributed by atoms with Gasteiger partial charge in [-0.25, -0.2) is 4.39 Å². The van der Waals surface area contributed by atoms with Crippen LogP contribution in [0.1, 0.15) is 35.8 Å². The maximum absolute atomic E-state index is 14.2. The molecule has 0 fully saturated rings. The van der Waals surface area contributed by atoms with Crippen LogP contribution in [0.15, 0.2) is 71.4 Å². The van der Waals surface area contributed by atoms with Crippen molar-refractivity contribution >= 4 is 33.7 Å². The Kier molecular flexibility index (Phi) is 6.71. The number of hydrogen-bond acceptors (Lipinski definition) is 7. The molecule has 0 spiro atoms. The van der Waals surface area contributed by atoms with Crippen molar-refractivity contribution in [1.82, 2.24) is 10.2 Å². The van der Waals surface area contributed by atoms with Crippen LogP contribution in [0.2, 0.25) is 0 Å². The number of nitrogens with zero attached hydrogens (tertiary/aromatic N) is 3. The largest absolute Gasteiger partial charge is 0.300 e. The molecule has 1 atom stereocenters. The van der Waals surface area contributed by atoms with E-state index in [-0.39, 0.29) is 18.3 Å². The number of carbonyl (C=O) groups excluding carboxylic acids is 1. The SMILES string of the molecule is CC(C)(C(=O)Nc1nncs1)C(c1cccc(F)c1)c1ccc(-c2ccc(CN=O)cc2)s1. The monoisotopic (exact) mass is 480 g/mol.